The molecule has 0 radical (unpaired) electrons. The van der Waals surface area contributed by atoms with Gasteiger partial charge in [-0.15, -0.1) is 0 Å². The van der Waals surface area contributed by atoms with Crippen LogP contribution in [0, 0.1) is 13.8 Å². The summed E-state index contributed by atoms with van der Waals surface area (Å²) in [6.45, 7) is 3.92. The number of carbonyl (C=O) groups is 2. The summed E-state index contributed by atoms with van der Waals surface area (Å²) in [7, 11) is 0. The summed E-state index contributed by atoms with van der Waals surface area (Å²) in [5.74, 6) is -0.899. The lowest BCUT2D eigenvalue weighted by Crippen LogP contribution is -2.37. The SMILES string of the molecule is Cc1ccc(C(=O)N[C@H](C(N)=O)c2ccccc2)cc1C. The number of hydrogen-bond acceptors (Lipinski definition) is 2. The maximum absolute atomic E-state index is 12.3. The van der Waals surface area contributed by atoms with Crippen molar-refractivity contribution in [3.05, 3.63) is 70.8 Å². The van der Waals surface area contributed by atoms with Gasteiger partial charge in [0.15, 0.2) is 0 Å². The van der Waals surface area contributed by atoms with Crippen molar-refractivity contribution in [2.24, 2.45) is 5.73 Å². The van der Waals surface area contributed by atoms with Gasteiger partial charge in [0.2, 0.25) is 5.91 Å². The Morgan fingerprint density at radius 2 is 1.67 bits per heavy atom. The minimum Gasteiger partial charge on any atom is -0.368 e. The second kappa shape index (κ2) is 6.22. The molecule has 0 aromatic heterocycles. The van der Waals surface area contributed by atoms with E-state index in [0.29, 0.717) is 11.1 Å². The fourth-order valence-electron chi connectivity index (χ4n) is 2.06. The Bertz CT molecular complexity index is 666. The van der Waals surface area contributed by atoms with Crippen molar-refractivity contribution in [3.63, 3.8) is 0 Å². The van der Waals surface area contributed by atoms with Gasteiger partial charge in [-0.2, -0.15) is 0 Å². The molecule has 0 aliphatic rings. The molecule has 2 amide bonds. The summed E-state index contributed by atoms with van der Waals surface area (Å²) in [5.41, 5.74) is 8.72. The first kappa shape index (κ1) is 14.8. The van der Waals surface area contributed by atoms with E-state index in [9.17, 15) is 9.59 Å². The summed E-state index contributed by atoms with van der Waals surface area (Å²) in [4.78, 5) is 23.9. The number of amides is 2. The highest BCUT2D eigenvalue weighted by molar-refractivity contribution is 5.97. The third kappa shape index (κ3) is 3.48. The van der Waals surface area contributed by atoms with Gasteiger partial charge in [0.25, 0.3) is 5.91 Å². The van der Waals surface area contributed by atoms with E-state index >= 15 is 0 Å². The quantitative estimate of drug-likeness (QED) is 0.902. The number of benzene rings is 2. The van der Waals surface area contributed by atoms with Gasteiger partial charge >= 0.3 is 0 Å². The molecule has 2 rings (SSSR count). The second-order valence-electron chi connectivity index (χ2n) is 5.02. The molecular weight excluding hydrogens is 264 g/mol. The Labute approximate surface area is 124 Å². The molecule has 0 fully saturated rings. The maximum atomic E-state index is 12.3. The molecule has 0 unspecified atom stereocenters. The van der Waals surface area contributed by atoms with Crippen LogP contribution in [0.15, 0.2) is 48.5 Å². The van der Waals surface area contributed by atoms with Gasteiger partial charge in [0.05, 0.1) is 0 Å². The fourth-order valence-corrected chi connectivity index (χ4v) is 2.06. The number of primary amides is 1. The van der Waals surface area contributed by atoms with Crippen molar-refractivity contribution in [1.82, 2.24) is 5.32 Å². The molecule has 0 heterocycles. The van der Waals surface area contributed by atoms with Crippen molar-refractivity contribution >= 4 is 11.8 Å². The van der Waals surface area contributed by atoms with Crippen LogP contribution in [0.1, 0.15) is 33.1 Å². The number of rotatable bonds is 4. The summed E-state index contributed by atoms with van der Waals surface area (Å²) < 4.78 is 0. The van der Waals surface area contributed by atoms with Gasteiger partial charge in [0, 0.05) is 5.56 Å². The van der Waals surface area contributed by atoms with E-state index < -0.39 is 11.9 Å². The standard InChI is InChI=1S/C17H18N2O2/c1-11-8-9-14(10-12(11)2)17(21)19-15(16(18)20)13-6-4-3-5-7-13/h3-10,15H,1-2H3,(H2,18,20)(H,19,21)/t15-/m0/s1. The Balaban J connectivity index is 2.23. The molecule has 2 aromatic rings. The average Bonchev–Trinajstić information content (AvgIpc) is 2.48. The zero-order chi connectivity index (χ0) is 15.4. The number of hydrogen-bond donors (Lipinski definition) is 2. The van der Waals surface area contributed by atoms with E-state index in [1.54, 1.807) is 36.4 Å². The Morgan fingerprint density at radius 1 is 1.00 bits per heavy atom. The average molecular weight is 282 g/mol. The number of nitrogens with two attached hydrogens (primary N) is 1. The van der Waals surface area contributed by atoms with Crippen molar-refractivity contribution in [2.75, 3.05) is 0 Å². The molecule has 2 aromatic carbocycles. The van der Waals surface area contributed by atoms with Gasteiger partial charge < -0.3 is 11.1 Å². The van der Waals surface area contributed by atoms with E-state index in [1.165, 1.54) is 0 Å². The zero-order valence-electron chi connectivity index (χ0n) is 12.1. The van der Waals surface area contributed by atoms with Crippen LogP contribution in [0.4, 0.5) is 0 Å². The Morgan fingerprint density at radius 3 is 2.24 bits per heavy atom. The van der Waals surface area contributed by atoms with Gasteiger partial charge in [0.1, 0.15) is 6.04 Å². The van der Waals surface area contributed by atoms with Crippen LogP contribution in [0.3, 0.4) is 0 Å². The predicted octanol–water partition coefficient (Wildman–Crippen LogP) is 2.26. The monoisotopic (exact) mass is 282 g/mol. The van der Waals surface area contributed by atoms with Gasteiger partial charge in [-0.05, 0) is 42.7 Å². The van der Waals surface area contributed by atoms with E-state index in [2.05, 4.69) is 5.32 Å². The van der Waals surface area contributed by atoms with Crippen molar-refractivity contribution in [3.8, 4) is 0 Å². The van der Waals surface area contributed by atoms with E-state index in [0.717, 1.165) is 11.1 Å². The van der Waals surface area contributed by atoms with Crippen LogP contribution in [0.25, 0.3) is 0 Å². The molecule has 21 heavy (non-hydrogen) atoms. The van der Waals surface area contributed by atoms with Crippen LogP contribution in [0.5, 0.6) is 0 Å². The minimum absolute atomic E-state index is 0.314. The van der Waals surface area contributed by atoms with Crippen LogP contribution in [-0.2, 0) is 4.79 Å². The highest BCUT2D eigenvalue weighted by Gasteiger charge is 2.20. The fraction of sp³-hybridized carbons (Fsp3) is 0.176. The van der Waals surface area contributed by atoms with Gasteiger partial charge in [-0.3, -0.25) is 9.59 Å². The third-order valence-corrected chi connectivity index (χ3v) is 3.46. The predicted molar refractivity (Wildman–Crippen MR) is 81.8 cm³/mol. The minimum atomic E-state index is -0.833. The summed E-state index contributed by atoms with van der Waals surface area (Å²) in [5, 5.41) is 2.68. The zero-order valence-corrected chi connectivity index (χ0v) is 12.1. The number of carbonyl (C=O) groups excluding carboxylic acids is 2. The van der Waals surface area contributed by atoms with Crippen molar-refractivity contribution in [1.29, 1.82) is 0 Å². The van der Waals surface area contributed by atoms with E-state index in [-0.39, 0.29) is 5.91 Å². The second-order valence-corrected chi connectivity index (χ2v) is 5.02. The van der Waals surface area contributed by atoms with Gasteiger partial charge in [-0.1, -0.05) is 36.4 Å². The van der Waals surface area contributed by atoms with E-state index in [1.807, 2.05) is 26.0 Å². The first-order chi connectivity index (χ1) is 9.99. The highest BCUT2D eigenvalue weighted by atomic mass is 16.2. The van der Waals surface area contributed by atoms with Crippen LogP contribution in [0.2, 0.25) is 0 Å². The lowest BCUT2D eigenvalue weighted by atomic mass is 10.0. The number of nitrogens with one attached hydrogen (secondary N) is 1. The molecule has 0 saturated heterocycles. The summed E-state index contributed by atoms with van der Waals surface area (Å²) in [6, 6.07) is 13.5. The number of aryl methyl sites for hydroxylation is 2. The van der Waals surface area contributed by atoms with Crippen LogP contribution in [-0.4, -0.2) is 11.8 Å². The molecule has 0 saturated carbocycles. The lowest BCUT2D eigenvalue weighted by Gasteiger charge is -2.16. The summed E-state index contributed by atoms with van der Waals surface area (Å²) >= 11 is 0. The molecule has 0 bridgehead atoms. The van der Waals surface area contributed by atoms with E-state index in [4.69, 9.17) is 5.73 Å². The molecular formula is C17H18N2O2. The molecule has 0 aliphatic carbocycles. The Hall–Kier alpha value is -2.62. The lowest BCUT2D eigenvalue weighted by molar-refractivity contribution is -0.120. The molecule has 108 valence electrons. The molecule has 0 aliphatic heterocycles. The smallest absolute Gasteiger partial charge is 0.252 e. The first-order valence-corrected chi connectivity index (χ1v) is 6.71. The maximum Gasteiger partial charge on any atom is 0.252 e. The first-order valence-electron chi connectivity index (χ1n) is 6.71. The van der Waals surface area contributed by atoms with Crippen LogP contribution < -0.4 is 11.1 Å². The molecule has 1 atom stereocenters. The summed E-state index contributed by atoms with van der Waals surface area (Å²) in [6.07, 6.45) is 0. The molecule has 3 N–H and O–H groups in total. The Kier molecular flexibility index (Phi) is 4.38. The van der Waals surface area contributed by atoms with Crippen LogP contribution >= 0.6 is 0 Å². The molecule has 4 heteroatoms. The van der Waals surface area contributed by atoms with Gasteiger partial charge in [-0.25, -0.2) is 0 Å². The normalized spacial score (nSPS) is 11.7. The van der Waals surface area contributed by atoms with Crippen molar-refractivity contribution in [2.45, 2.75) is 19.9 Å². The third-order valence-electron chi connectivity index (χ3n) is 3.46. The van der Waals surface area contributed by atoms with Crippen molar-refractivity contribution < 1.29 is 9.59 Å². The molecule has 4 nitrogen and oxygen atoms in total. The topological polar surface area (TPSA) is 72.2 Å². The largest absolute Gasteiger partial charge is 0.368 e. The molecule has 0 spiro atoms. The highest BCUT2D eigenvalue weighted by Crippen LogP contribution is 2.14.